The summed E-state index contributed by atoms with van der Waals surface area (Å²) in [6.07, 6.45) is 0.00443. The SMILES string of the molecule is CCC(F)CN1C(C)Cc2c([nH]c3ccccc23)C1c1c(F)cc(Br)cc1F. The molecule has 4 rings (SSSR count). The van der Waals surface area contributed by atoms with Gasteiger partial charge in [-0.1, -0.05) is 41.1 Å². The first-order valence-electron chi connectivity index (χ1n) is 9.54. The average Bonchev–Trinajstić information content (AvgIpc) is 3.01. The lowest BCUT2D eigenvalue weighted by atomic mass is 9.88. The van der Waals surface area contributed by atoms with Gasteiger partial charge in [-0.25, -0.2) is 13.2 Å². The number of aromatic nitrogens is 1. The molecule has 6 heteroatoms. The first-order valence-corrected chi connectivity index (χ1v) is 10.3. The van der Waals surface area contributed by atoms with E-state index in [-0.39, 0.29) is 18.2 Å². The highest BCUT2D eigenvalue weighted by Gasteiger charge is 2.39. The van der Waals surface area contributed by atoms with Gasteiger partial charge in [0.2, 0.25) is 0 Å². The maximum Gasteiger partial charge on any atom is 0.132 e. The zero-order valence-corrected chi connectivity index (χ0v) is 17.4. The number of H-pyrrole nitrogens is 1. The average molecular weight is 451 g/mol. The van der Waals surface area contributed by atoms with Crippen LogP contribution in [0.25, 0.3) is 10.9 Å². The van der Waals surface area contributed by atoms with E-state index in [4.69, 9.17) is 0 Å². The first kappa shape index (κ1) is 19.5. The van der Waals surface area contributed by atoms with E-state index in [1.54, 1.807) is 6.92 Å². The number of para-hydroxylation sites is 1. The van der Waals surface area contributed by atoms with Crippen molar-refractivity contribution in [2.24, 2.45) is 0 Å². The Morgan fingerprint density at radius 3 is 2.57 bits per heavy atom. The van der Waals surface area contributed by atoms with E-state index >= 15 is 0 Å². The van der Waals surface area contributed by atoms with Crippen LogP contribution in [0.2, 0.25) is 0 Å². The Bertz CT molecular complexity index is 993. The molecule has 3 unspecified atom stereocenters. The predicted molar refractivity (Wildman–Crippen MR) is 109 cm³/mol. The van der Waals surface area contributed by atoms with Gasteiger partial charge in [0.25, 0.3) is 0 Å². The van der Waals surface area contributed by atoms with Gasteiger partial charge in [-0.05, 0) is 43.5 Å². The fourth-order valence-electron chi connectivity index (χ4n) is 4.28. The fraction of sp³-hybridized carbons (Fsp3) is 0.364. The second-order valence-corrected chi connectivity index (χ2v) is 8.42. The number of hydrogen-bond acceptors (Lipinski definition) is 1. The molecule has 1 aliphatic rings. The van der Waals surface area contributed by atoms with Gasteiger partial charge >= 0.3 is 0 Å². The topological polar surface area (TPSA) is 19.0 Å². The van der Waals surface area contributed by atoms with Crippen LogP contribution in [0.4, 0.5) is 13.2 Å². The lowest BCUT2D eigenvalue weighted by molar-refractivity contribution is 0.101. The van der Waals surface area contributed by atoms with Crippen molar-refractivity contribution in [1.82, 2.24) is 9.88 Å². The van der Waals surface area contributed by atoms with Crippen molar-refractivity contribution >= 4 is 26.8 Å². The van der Waals surface area contributed by atoms with Crippen molar-refractivity contribution in [3.8, 4) is 0 Å². The molecule has 2 heterocycles. The summed E-state index contributed by atoms with van der Waals surface area (Å²) in [5.41, 5.74) is 2.70. The monoisotopic (exact) mass is 450 g/mol. The minimum absolute atomic E-state index is 0.0362. The molecule has 0 spiro atoms. The molecule has 0 amide bonds. The molecule has 0 radical (unpaired) electrons. The molecule has 1 aliphatic heterocycles. The second kappa shape index (κ2) is 7.56. The molecule has 0 saturated carbocycles. The highest BCUT2D eigenvalue weighted by Crippen LogP contribution is 2.43. The molecular weight excluding hydrogens is 429 g/mol. The van der Waals surface area contributed by atoms with Gasteiger partial charge in [0.05, 0.1) is 6.04 Å². The highest BCUT2D eigenvalue weighted by atomic mass is 79.9. The summed E-state index contributed by atoms with van der Waals surface area (Å²) in [5, 5.41) is 1.05. The Kier molecular flexibility index (Phi) is 5.27. The molecule has 3 atom stereocenters. The number of alkyl halides is 1. The molecular formula is C22H22BrF3N2. The molecule has 28 heavy (non-hydrogen) atoms. The lowest BCUT2D eigenvalue weighted by Crippen LogP contribution is -2.46. The van der Waals surface area contributed by atoms with Gasteiger partial charge in [0.1, 0.15) is 17.8 Å². The summed E-state index contributed by atoms with van der Waals surface area (Å²) in [4.78, 5) is 5.26. The Labute approximate surface area is 170 Å². The van der Waals surface area contributed by atoms with E-state index in [1.807, 2.05) is 36.1 Å². The van der Waals surface area contributed by atoms with Crippen LogP contribution in [-0.4, -0.2) is 28.6 Å². The largest absolute Gasteiger partial charge is 0.357 e. The quantitative estimate of drug-likeness (QED) is 0.494. The van der Waals surface area contributed by atoms with Crippen LogP contribution in [0.1, 0.15) is 43.1 Å². The summed E-state index contributed by atoms with van der Waals surface area (Å²) in [7, 11) is 0. The fourth-order valence-corrected chi connectivity index (χ4v) is 4.68. The number of fused-ring (bicyclic) bond motifs is 3. The third-order valence-corrected chi connectivity index (χ3v) is 6.14. The molecule has 2 aromatic carbocycles. The predicted octanol–water partition coefficient (Wildman–Crippen LogP) is 6.29. The summed E-state index contributed by atoms with van der Waals surface area (Å²) in [6.45, 7) is 3.91. The summed E-state index contributed by atoms with van der Waals surface area (Å²) in [6, 6.07) is 9.64. The van der Waals surface area contributed by atoms with Crippen molar-refractivity contribution in [3.63, 3.8) is 0 Å². The highest BCUT2D eigenvalue weighted by molar-refractivity contribution is 9.10. The van der Waals surface area contributed by atoms with Crippen LogP contribution in [0.15, 0.2) is 40.9 Å². The number of benzene rings is 2. The second-order valence-electron chi connectivity index (χ2n) is 7.50. The number of rotatable bonds is 4. The van der Waals surface area contributed by atoms with E-state index in [0.717, 1.165) is 22.2 Å². The van der Waals surface area contributed by atoms with Gasteiger partial charge in [-0.2, -0.15) is 0 Å². The first-order chi connectivity index (χ1) is 13.4. The van der Waals surface area contributed by atoms with Crippen molar-refractivity contribution in [2.45, 2.75) is 44.9 Å². The minimum atomic E-state index is -1.06. The van der Waals surface area contributed by atoms with Crippen molar-refractivity contribution < 1.29 is 13.2 Å². The summed E-state index contributed by atoms with van der Waals surface area (Å²) < 4.78 is 44.6. The van der Waals surface area contributed by atoms with Crippen LogP contribution in [0, 0.1) is 11.6 Å². The number of aromatic amines is 1. The third-order valence-electron chi connectivity index (χ3n) is 5.69. The molecule has 1 aromatic heterocycles. The Morgan fingerprint density at radius 2 is 1.89 bits per heavy atom. The molecule has 0 bridgehead atoms. The zero-order chi connectivity index (χ0) is 20.0. The maximum absolute atomic E-state index is 15.0. The lowest BCUT2D eigenvalue weighted by Gasteiger charge is -2.41. The Morgan fingerprint density at radius 1 is 1.21 bits per heavy atom. The Balaban J connectivity index is 1.95. The van der Waals surface area contributed by atoms with Gasteiger partial charge < -0.3 is 4.98 Å². The minimum Gasteiger partial charge on any atom is -0.357 e. The zero-order valence-electron chi connectivity index (χ0n) is 15.8. The number of nitrogens with zero attached hydrogens (tertiary/aromatic N) is 1. The normalized spacial score (nSPS) is 21.1. The molecule has 2 nitrogen and oxygen atoms in total. The van der Waals surface area contributed by atoms with Crippen molar-refractivity contribution in [3.05, 3.63) is 69.3 Å². The standard InChI is InChI=1S/C22H22BrF3N2/c1-3-14(24)11-28-12(2)8-16-15-6-4-5-7-19(15)27-21(16)22(28)20-17(25)9-13(23)10-18(20)26/h4-7,9-10,12,14,22,27H,3,8,11H2,1-2H3. The van der Waals surface area contributed by atoms with E-state index in [2.05, 4.69) is 20.9 Å². The van der Waals surface area contributed by atoms with E-state index < -0.39 is 23.8 Å². The van der Waals surface area contributed by atoms with Gasteiger partial charge in [0, 0.05) is 39.2 Å². The van der Waals surface area contributed by atoms with Crippen molar-refractivity contribution in [1.29, 1.82) is 0 Å². The van der Waals surface area contributed by atoms with Crippen molar-refractivity contribution in [2.75, 3.05) is 6.54 Å². The van der Waals surface area contributed by atoms with Crippen LogP contribution in [0.5, 0.6) is 0 Å². The third kappa shape index (κ3) is 3.26. The van der Waals surface area contributed by atoms with Crippen LogP contribution in [-0.2, 0) is 6.42 Å². The smallest absolute Gasteiger partial charge is 0.132 e. The van der Waals surface area contributed by atoms with E-state index in [9.17, 15) is 13.2 Å². The van der Waals surface area contributed by atoms with Gasteiger partial charge in [-0.3, -0.25) is 4.90 Å². The van der Waals surface area contributed by atoms with Crippen LogP contribution in [0.3, 0.4) is 0 Å². The molecule has 1 N–H and O–H groups in total. The Hall–Kier alpha value is -1.79. The molecule has 0 aliphatic carbocycles. The van der Waals surface area contributed by atoms with Gasteiger partial charge in [0.15, 0.2) is 0 Å². The maximum atomic E-state index is 15.0. The number of nitrogens with one attached hydrogen (secondary N) is 1. The molecule has 148 valence electrons. The van der Waals surface area contributed by atoms with Crippen LogP contribution >= 0.6 is 15.9 Å². The number of halogens is 4. The van der Waals surface area contributed by atoms with E-state index in [0.29, 0.717) is 17.3 Å². The summed E-state index contributed by atoms with van der Waals surface area (Å²) in [5.74, 6) is -1.26. The molecule has 3 aromatic rings. The summed E-state index contributed by atoms with van der Waals surface area (Å²) >= 11 is 3.15. The van der Waals surface area contributed by atoms with Gasteiger partial charge in [-0.15, -0.1) is 0 Å². The number of hydrogen-bond donors (Lipinski definition) is 1. The molecule has 0 fully saturated rings. The van der Waals surface area contributed by atoms with E-state index in [1.165, 1.54) is 12.1 Å². The van der Waals surface area contributed by atoms with Crippen LogP contribution < -0.4 is 0 Å². The molecule has 0 saturated heterocycles.